The first-order valence-electron chi connectivity index (χ1n) is 6.57. The molecule has 0 fully saturated rings. The first-order valence-corrected chi connectivity index (χ1v) is 6.57. The molecular formula is C14H15F3N4O2. The average Bonchev–Trinajstić information content (AvgIpc) is 2.80. The van der Waals surface area contributed by atoms with Crippen LogP contribution in [0.15, 0.2) is 24.3 Å². The van der Waals surface area contributed by atoms with Crippen molar-refractivity contribution >= 4 is 11.7 Å². The Labute approximate surface area is 130 Å². The molecule has 0 aliphatic rings. The highest BCUT2D eigenvalue weighted by Crippen LogP contribution is 2.28. The topological polar surface area (TPSA) is 82.2 Å². The van der Waals surface area contributed by atoms with E-state index in [2.05, 4.69) is 15.2 Å². The maximum atomic E-state index is 12.1. The van der Waals surface area contributed by atoms with Gasteiger partial charge in [-0.1, -0.05) is 0 Å². The maximum Gasteiger partial charge on any atom is 0.422 e. The summed E-state index contributed by atoms with van der Waals surface area (Å²) in [5.41, 5.74) is 6.92. The number of nitrogens with one attached hydrogen (secondary N) is 1. The highest BCUT2D eigenvalue weighted by Gasteiger charge is 2.28. The van der Waals surface area contributed by atoms with Gasteiger partial charge in [-0.05, 0) is 24.3 Å². The molecule has 0 spiro atoms. The zero-order valence-corrected chi connectivity index (χ0v) is 12.4. The van der Waals surface area contributed by atoms with Crippen LogP contribution in [-0.4, -0.2) is 35.5 Å². The third-order valence-corrected chi connectivity index (χ3v) is 3.08. The van der Waals surface area contributed by atoms with E-state index < -0.39 is 18.7 Å². The Kier molecular flexibility index (Phi) is 4.48. The molecule has 23 heavy (non-hydrogen) atoms. The molecule has 1 amide bonds. The van der Waals surface area contributed by atoms with Gasteiger partial charge >= 0.3 is 6.18 Å². The van der Waals surface area contributed by atoms with Gasteiger partial charge in [-0.2, -0.15) is 18.3 Å². The Balaban J connectivity index is 2.30. The van der Waals surface area contributed by atoms with Crippen LogP contribution in [0.2, 0.25) is 0 Å². The van der Waals surface area contributed by atoms with Gasteiger partial charge in [0.25, 0.3) is 5.91 Å². The first kappa shape index (κ1) is 16.7. The van der Waals surface area contributed by atoms with Crippen LogP contribution in [0.4, 0.5) is 19.0 Å². The molecule has 124 valence electrons. The van der Waals surface area contributed by atoms with Gasteiger partial charge in [0.2, 0.25) is 0 Å². The van der Waals surface area contributed by atoms with Crippen molar-refractivity contribution in [2.45, 2.75) is 6.18 Å². The summed E-state index contributed by atoms with van der Waals surface area (Å²) in [5, 5.41) is 6.65. The van der Waals surface area contributed by atoms with Crippen molar-refractivity contribution in [3.63, 3.8) is 0 Å². The molecule has 1 aromatic heterocycles. The van der Waals surface area contributed by atoms with E-state index in [1.54, 1.807) is 7.05 Å². The number of alkyl halides is 3. The molecule has 0 saturated heterocycles. The van der Waals surface area contributed by atoms with Gasteiger partial charge in [0.1, 0.15) is 22.8 Å². The largest absolute Gasteiger partial charge is 0.484 e. The Morgan fingerprint density at radius 3 is 2.48 bits per heavy atom. The minimum Gasteiger partial charge on any atom is -0.484 e. The van der Waals surface area contributed by atoms with Crippen LogP contribution in [0.25, 0.3) is 11.3 Å². The molecule has 6 nitrogen and oxygen atoms in total. The van der Waals surface area contributed by atoms with Gasteiger partial charge in [-0.3, -0.25) is 9.48 Å². The van der Waals surface area contributed by atoms with Gasteiger partial charge in [0, 0.05) is 19.7 Å². The number of nitrogen functional groups attached to an aromatic ring is 1. The molecule has 0 saturated carbocycles. The summed E-state index contributed by atoms with van der Waals surface area (Å²) < 4.78 is 42.3. The number of ether oxygens (including phenoxy) is 1. The highest BCUT2D eigenvalue weighted by molar-refractivity contribution is 6.04. The summed E-state index contributed by atoms with van der Waals surface area (Å²) in [6, 6.07) is 5.78. The van der Waals surface area contributed by atoms with Gasteiger partial charge in [-0.15, -0.1) is 0 Å². The van der Waals surface area contributed by atoms with E-state index in [-0.39, 0.29) is 17.1 Å². The number of carbonyl (C=O) groups is 1. The minimum absolute atomic E-state index is 0.0662. The molecule has 1 aromatic carbocycles. The molecule has 9 heteroatoms. The zero-order chi connectivity index (χ0) is 17.2. The molecule has 3 N–H and O–H groups in total. The predicted molar refractivity (Wildman–Crippen MR) is 78.0 cm³/mol. The van der Waals surface area contributed by atoms with Crippen LogP contribution >= 0.6 is 0 Å². The average molecular weight is 328 g/mol. The van der Waals surface area contributed by atoms with Crippen LogP contribution < -0.4 is 15.8 Å². The number of nitrogens with two attached hydrogens (primary N) is 1. The number of hydrogen-bond donors (Lipinski definition) is 2. The molecule has 1 heterocycles. The number of anilines is 1. The number of nitrogens with zero attached hydrogens (tertiary/aromatic N) is 2. The van der Waals surface area contributed by atoms with Crippen molar-refractivity contribution in [1.82, 2.24) is 15.1 Å². The summed E-state index contributed by atoms with van der Waals surface area (Å²) in [4.78, 5) is 11.9. The number of amides is 1. The zero-order valence-electron chi connectivity index (χ0n) is 12.4. The second kappa shape index (κ2) is 6.19. The quantitative estimate of drug-likeness (QED) is 0.899. The molecular weight excluding hydrogens is 313 g/mol. The van der Waals surface area contributed by atoms with E-state index in [4.69, 9.17) is 5.73 Å². The molecule has 2 rings (SSSR count). The summed E-state index contributed by atoms with van der Waals surface area (Å²) >= 11 is 0. The number of rotatable bonds is 4. The van der Waals surface area contributed by atoms with Crippen molar-refractivity contribution in [3.8, 4) is 17.0 Å². The summed E-state index contributed by atoms with van der Waals surface area (Å²) in [6.07, 6.45) is -4.40. The number of hydrogen-bond acceptors (Lipinski definition) is 4. The molecule has 0 aliphatic carbocycles. The standard InChI is InChI=1S/C14H15F3N4O2/c1-19-13(22)10-11(20-21(2)12(10)18)8-3-5-9(6-4-8)23-7-14(15,16)17/h3-6H,7,18H2,1-2H3,(H,19,22). The number of aryl methyl sites for hydroxylation is 1. The van der Waals surface area contributed by atoms with E-state index in [0.717, 1.165) is 0 Å². The van der Waals surface area contributed by atoms with Gasteiger partial charge in [-0.25, -0.2) is 0 Å². The molecule has 0 bridgehead atoms. The first-order chi connectivity index (χ1) is 10.7. The monoisotopic (exact) mass is 328 g/mol. The van der Waals surface area contributed by atoms with Crippen molar-refractivity contribution in [1.29, 1.82) is 0 Å². The van der Waals surface area contributed by atoms with Crippen LogP contribution in [0.3, 0.4) is 0 Å². The van der Waals surface area contributed by atoms with Crippen LogP contribution in [0, 0.1) is 0 Å². The Morgan fingerprint density at radius 1 is 1.35 bits per heavy atom. The fourth-order valence-electron chi connectivity index (χ4n) is 1.96. The highest BCUT2D eigenvalue weighted by atomic mass is 19.4. The van der Waals surface area contributed by atoms with Crippen molar-refractivity contribution in [2.75, 3.05) is 19.4 Å². The van der Waals surface area contributed by atoms with Crippen LogP contribution in [-0.2, 0) is 7.05 Å². The van der Waals surface area contributed by atoms with Crippen molar-refractivity contribution in [2.24, 2.45) is 7.05 Å². The third kappa shape index (κ3) is 3.74. The van der Waals surface area contributed by atoms with Gasteiger partial charge in [0.15, 0.2) is 6.61 Å². The van der Waals surface area contributed by atoms with Crippen LogP contribution in [0.5, 0.6) is 5.75 Å². The Hall–Kier alpha value is -2.71. The molecule has 0 atom stereocenters. The second-order valence-corrected chi connectivity index (χ2v) is 4.74. The normalized spacial score (nSPS) is 11.3. The smallest absolute Gasteiger partial charge is 0.422 e. The molecule has 0 radical (unpaired) electrons. The van der Waals surface area contributed by atoms with Crippen molar-refractivity contribution in [3.05, 3.63) is 29.8 Å². The number of halogens is 3. The lowest BCUT2D eigenvalue weighted by molar-refractivity contribution is -0.153. The summed E-state index contributed by atoms with van der Waals surface area (Å²) in [5.74, 6) is -0.142. The number of benzene rings is 1. The van der Waals surface area contributed by atoms with Gasteiger partial charge in [0.05, 0.1) is 0 Å². The maximum absolute atomic E-state index is 12.1. The van der Waals surface area contributed by atoms with Crippen molar-refractivity contribution < 1.29 is 22.7 Å². The SMILES string of the molecule is CNC(=O)c1c(-c2ccc(OCC(F)(F)F)cc2)nn(C)c1N. The lowest BCUT2D eigenvalue weighted by atomic mass is 10.1. The fourth-order valence-corrected chi connectivity index (χ4v) is 1.96. The molecule has 0 aliphatic heterocycles. The number of carbonyl (C=O) groups excluding carboxylic acids is 1. The predicted octanol–water partition coefficient (Wildman–Crippen LogP) is 1.97. The van der Waals surface area contributed by atoms with Gasteiger partial charge < -0.3 is 15.8 Å². The lowest BCUT2D eigenvalue weighted by Crippen LogP contribution is -2.19. The lowest BCUT2D eigenvalue weighted by Gasteiger charge is -2.09. The summed E-state index contributed by atoms with van der Waals surface area (Å²) in [7, 11) is 3.05. The Bertz CT molecular complexity index is 708. The fraction of sp³-hybridized carbons (Fsp3) is 0.286. The van der Waals surface area contributed by atoms with E-state index in [1.807, 2.05) is 0 Å². The number of aromatic nitrogens is 2. The van der Waals surface area contributed by atoms with E-state index in [0.29, 0.717) is 11.3 Å². The second-order valence-electron chi connectivity index (χ2n) is 4.74. The van der Waals surface area contributed by atoms with E-state index >= 15 is 0 Å². The minimum atomic E-state index is -4.40. The third-order valence-electron chi connectivity index (χ3n) is 3.08. The molecule has 2 aromatic rings. The van der Waals surface area contributed by atoms with E-state index in [9.17, 15) is 18.0 Å². The van der Waals surface area contributed by atoms with Crippen LogP contribution in [0.1, 0.15) is 10.4 Å². The van der Waals surface area contributed by atoms with E-state index in [1.165, 1.54) is 36.0 Å². The molecule has 0 unspecified atom stereocenters. The summed E-state index contributed by atoms with van der Waals surface area (Å²) in [6.45, 7) is -1.37. The Morgan fingerprint density at radius 2 is 1.96 bits per heavy atom.